The van der Waals surface area contributed by atoms with Crippen LogP contribution in [0.5, 0.6) is 0 Å². The van der Waals surface area contributed by atoms with Gasteiger partial charge >= 0.3 is 5.97 Å². The molecule has 0 heterocycles. The summed E-state index contributed by atoms with van der Waals surface area (Å²) in [5, 5.41) is 11.9. The highest BCUT2D eigenvalue weighted by Gasteiger charge is 2.33. The zero-order valence-electron chi connectivity index (χ0n) is 15.5. The number of ether oxygens (including phenoxy) is 1. The summed E-state index contributed by atoms with van der Waals surface area (Å²) >= 11 is 0. The third kappa shape index (κ3) is 5.50. The van der Waals surface area contributed by atoms with Crippen LogP contribution in [0.3, 0.4) is 0 Å². The van der Waals surface area contributed by atoms with Gasteiger partial charge < -0.3 is 10.1 Å². The quantitative estimate of drug-likeness (QED) is 0.677. The van der Waals surface area contributed by atoms with Gasteiger partial charge in [0.15, 0.2) is 6.61 Å². The molecule has 0 radical (unpaired) electrons. The van der Waals surface area contributed by atoms with Crippen LogP contribution in [0.15, 0.2) is 29.2 Å². The molecule has 0 bridgehead atoms. The highest BCUT2D eigenvalue weighted by Crippen LogP contribution is 2.27. The zero-order valence-corrected chi connectivity index (χ0v) is 16.3. The summed E-state index contributed by atoms with van der Waals surface area (Å²) in [5.41, 5.74) is -0.940. The number of halogens is 1. The summed E-state index contributed by atoms with van der Waals surface area (Å²) in [5.74, 6) is -2.11. The standard InChI is InChI=1S/C18H22FN3O5S/c1-22(28(25,26)15-7-5-14(19)6-8-15)11-17(24)27-12-16(23)21-18(13-20)9-3-2-4-10-18/h5-8H,2-4,9-12H2,1H3,(H,21,23). The Morgan fingerprint density at radius 1 is 1.25 bits per heavy atom. The number of nitrogens with zero attached hydrogens (tertiary/aromatic N) is 2. The maximum absolute atomic E-state index is 12.9. The predicted molar refractivity (Wildman–Crippen MR) is 96.7 cm³/mol. The van der Waals surface area contributed by atoms with Gasteiger partial charge in [-0.05, 0) is 37.1 Å². The minimum atomic E-state index is -4.00. The van der Waals surface area contributed by atoms with Crippen LogP contribution in [0.25, 0.3) is 0 Å². The van der Waals surface area contributed by atoms with Crippen molar-refractivity contribution in [1.82, 2.24) is 9.62 Å². The Morgan fingerprint density at radius 3 is 2.43 bits per heavy atom. The zero-order chi connectivity index (χ0) is 20.8. The van der Waals surface area contributed by atoms with Gasteiger partial charge in [0, 0.05) is 7.05 Å². The molecule has 152 valence electrons. The number of rotatable bonds is 7. The molecule has 1 aliphatic carbocycles. The molecule has 8 nitrogen and oxygen atoms in total. The van der Waals surface area contributed by atoms with E-state index in [0.717, 1.165) is 47.8 Å². The van der Waals surface area contributed by atoms with Gasteiger partial charge in [0.05, 0.1) is 11.0 Å². The van der Waals surface area contributed by atoms with Crippen molar-refractivity contribution in [3.63, 3.8) is 0 Å². The molecule has 10 heteroatoms. The monoisotopic (exact) mass is 411 g/mol. The molecule has 1 aromatic carbocycles. The van der Waals surface area contributed by atoms with E-state index in [0.29, 0.717) is 12.8 Å². The van der Waals surface area contributed by atoms with Gasteiger partial charge in [-0.1, -0.05) is 19.3 Å². The van der Waals surface area contributed by atoms with Gasteiger partial charge in [0.2, 0.25) is 10.0 Å². The van der Waals surface area contributed by atoms with E-state index in [-0.39, 0.29) is 4.90 Å². The Morgan fingerprint density at radius 2 is 1.86 bits per heavy atom. The molecule has 1 saturated carbocycles. The molecular formula is C18H22FN3O5S. The van der Waals surface area contributed by atoms with Crippen molar-refractivity contribution in [1.29, 1.82) is 5.26 Å². The van der Waals surface area contributed by atoms with Crippen LogP contribution >= 0.6 is 0 Å². The lowest BCUT2D eigenvalue weighted by atomic mass is 9.83. The molecule has 0 unspecified atom stereocenters. The van der Waals surface area contributed by atoms with Crippen molar-refractivity contribution < 1.29 is 27.1 Å². The number of hydrogen-bond acceptors (Lipinski definition) is 6. The summed E-state index contributed by atoms with van der Waals surface area (Å²) < 4.78 is 43.2. The number of esters is 1. The first-order valence-electron chi connectivity index (χ1n) is 8.78. The van der Waals surface area contributed by atoms with Gasteiger partial charge in [0.25, 0.3) is 5.91 Å². The number of sulfonamides is 1. The second-order valence-corrected chi connectivity index (χ2v) is 8.72. The van der Waals surface area contributed by atoms with Gasteiger partial charge in [0.1, 0.15) is 17.9 Å². The van der Waals surface area contributed by atoms with E-state index >= 15 is 0 Å². The summed E-state index contributed by atoms with van der Waals surface area (Å²) in [6.45, 7) is -1.22. The summed E-state index contributed by atoms with van der Waals surface area (Å²) in [6.07, 6.45) is 3.76. The summed E-state index contributed by atoms with van der Waals surface area (Å²) in [6, 6.07) is 6.30. The molecule has 1 N–H and O–H groups in total. The van der Waals surface area contributed by atoms with Crippen LogP contribution in [0.4, 0.5) is 4.39 Å². The average molecular weight is 411 g/mol. The number of amides is 1. The van der Waals surface area contributed by atoms with Crippen LogP contribution in [-0.4, -0.2) is 50.3 Å². The van der Waals surface area contributed by atoms with Gasteiger partial charge in [-0.25, -0.2) is 12.8 Å². The highest BCUT2D eigenvalue weighted by atomic mass is 32.2. The lowest BCUT2D eigenvalue weighted by Gasteiger charge is -2.31. The van der Waals surface area contributed by atoms with E-state index in [2.05, 4.69) is 11.4 Å². The Bertz CT molecular complexity index is 858. The van der Waals surface area contributed by atoms with Crippen molar-refractivity contribution in [3.05, 3.63) is 30.1 Å². The van der Waals surface area contributed by atoms with Crippen molar-refractivity contribution in [2.45, 2.75) is 42.5 Å². The van der Waals surface area contributed by atoms with Gasteiger partial charge in [-0.3, -0.25) is 9.59 Å². The van der Waals surface area contributed by atoms with E-state index < -0.39 is 46.4 Å². The SMILES string of the molecule is CN(CC(=O)OCC(=O)NC1(C#N)CCCCC1)S(=O)(=O)c1ccc(F)cc1. The maximum Gasteiger partial charge on any atom is 0.321 e. The van der Waals surface area contributed by atoms with E-state index in [1.807, 2.05) is 0 Å². The first-order valence-corrected chi connectivity index (χ1v) is 10.2. The second-order valence-electron chi connectivity index (χ2n) is 6.68. The van der Waals surface area contributed by atoms with Crippen LogP contribution in [-0.2, 0) is 24.3 Å². The molecule has 1 amide bonds. The summed E-state index contributed by atoms with van der Waals surface area (Å²) in [4.78, 5) is 23.7. The number of hydrogen-bond donors (Lipinski definition) is 1. The molecule has 2 rings (SSSR count). The minimum Gasteiger partial charge on any atom is -0.455 e. The van der Waals surface area contributed by atoms with Gasteiger partial charge in [-0.15, -0.1) is 0 Å². The number of nitriles is 1. The van der Waals surface area contributed by atoms with Crippen molar-refractivity contribution in [2.24, 2.45) is 0 Å². The highest BCUT2D eigenvalue weighted by molar-refractivity contribution is 7.89. The third-order valence-corrected chi connectivity index (χ3v) is 6.36. The van der Waals surface area contributed by atoms with Crippen LogP contribution < -0.4 is 5.32 Å². The molecule has 0 aromatic heterocycles. The molecule has 0 atom stereocenters. The van der Waals surface area contributed by atoms with E-state index in [1.54, 1.807) is 0 Å². The number of nitrogens with one attached hydrogen (secondary N) is 1. The number of carbonyl (C=O) groups excluding carboxylic acids is 2. The topological polar surface area (TPSA) is 117 Å². The van der Waals surface area contributed by atoms with Gasteiger partial charge in [-0.2, -0.15) is 9.57 Å². The third-order valence-electron chi connectivity index (χ3n) is 4.54. The number of carbonyl (C=O) groups is 2. The number of benzene rings is 1. The fourth-order valence-corrected chi connectivity index (χ4v) is 4.08. The lowest BCUT2D eigenvalue weighted by molar-refractivity contribution is -0.149. The van der Waals surface area contributed by atoms with Crippen LogP contribution in [0.1, 0.15) is 32.1 Å². The molecule has 1 fully saturated rings. The molecule has 28 heavy (non-hydrogen) atoms. The Balaban J connectivity index is 1.86. The van der Waals surface area contributed by atoms with Crippen LogP contribution in [0, 0.1) is 17.1 Å². The molecule has 0 aliphatic heterocycles. The first-order chi connectivity index (χ1) is 13.2. The number of likely N-dealkylation sites (N-methyl/N-ethyl adjacent to an activating group) is 1. The Kier molecular flexibility index (Phi) is 7.10. The molecule has 1 aromatic rings. The predicted octanol–water partition coefficient (Wildman–Crippen LogP) is 1.33. The van der Waals surface area contributed by atoms with E-state index in [1.165, 1.54) is 7.05 Å². The molecule has 0 spiro atoms. The molecule has 1 aliphatic rings. The fraction of sp³-hybridized carbons (Fsp3) is 0.500. The molecular weight excluding hydrogens is 389 g/mol. The van der Waals surface area contributed by atoms with E-state index in [9.17, 15) is 27.7 Å². The normalized spacial score (nSPS) is 16.2. The Hall–Kier alpha value is -2.51. The van der Waals surface area contributed by atoms with E-state index in [4.69, 9.17) is 4.74 Å². The minimum absolute atomic E-state index is 0.171. The maximum atomic E-state index is 12.9. The molecule has 0 saturated heterocycles. The first kappa shape index (κ1) is 21.8. The lowest BCUT2D eigenvalue weighted by Crippen LogP contribution is -2.50. The smallest absolute Gasteiger partial charge is 0.321 e. The Labute approximate surface area is 163 Å². The van der Waals surface area contributed by atoms with Crippen molar-refractivity contribution >= 4 is 21.9 Å². The fourth-order valence-electron chi connectivity index (χ4n) is 2.97. The average Bonchev–Trinajstić information content (AvgIpc) is 2.67. The van der Waals surface area contributed by atoms with Crippen molar-refractivity contribution in [2.75, 3.05) is 20.2 Å². The largest absolute Gasteiger partial charge is 0.455 e. The van der Waals surface area contributed by atoms with Crippen molar-refractivity contribution in [3.8, 4) is 6.07 Å². The second kappa shape index (κ2) is 9.12. The summed E-state index contributed by atoms with van der Waals surface area (Å²) in [7, 11) is -2.83. The van der Waals surface area contributed by atoms with Crippen LogP contribution in [0.2, 0.25) is 0 Å².